The molecule has 1 saturated heterocycles. The van der Waals surface area contributed by atoms with Gasteiger partial charge in [0.05, 0.1) is 25.3 Å². The average molecular weight is 515 g/mol. The van der Waals surface area contributed by atoms with Crippen LogP contribution in [0, 0.1) is 5.82 Å². The second-order valence-corrected chi connectivity index (χ2v) is 8.91. The van der Waals surface area contributed by atoms with Crippen LogP contribution in [0.4, 0.5) is 28.9 Å². The van der Waals surface area contributed by atoms with Crippen molar-refractivity contribution in [3.63, 3.8) is 0 Å². The van der Waals surface area contributed by atoms with Crippen molar-refractivity contribution in [1.29, 1.82) is 0 Å². The van der Waals surface area contributed by atoms with Crippen LogP contribution in [0.15, 0.2) is 54.7 Å². The normalized spacial score (nSPS) is 16.8. The molecule has 7 nitrogen and oxygen atoms in total. The quantitative estimate of drug-likeness (QED) is 0.454. The molecule has 2 N–H and O–H groups in total. The summed E-state index contributed by atoms with van der Waals surface area (Å²) in [6.07, 6.45) is -2.57. The van der Waals surface area contributed by atoms with Crippen LogP contribution >= 0.6 is 0 Å². The van der Waals surface area contributed by atoms with Crippen LogP contribution in [0.2, 0.25) is 0 Å². The fourth-order valence-corrected chi connectivity index (χ4v) is 4.41. The van der Waals surface area contributed by atoms with E-state index in [9.17, 15) is 27.2 Å². The number of aromatic nitrogens is 1. The molecule has 2 aliphatic heterocycles. The van der Waals surface area contributed by atoms with Gasteiger partial charge in [-0.25, -0.2) is 4.39 Å². The second kappa shape index (κ2) is 9.47. The predicted octanol–water partition coefficient (Wildman–Crippen LogP) is 5.43. The average Bonchev–Trinajstić information content (AvgIpc) is 2.99. The highest BCUT2D eigenvalue weighted by Gasteiger charge is 2.40. The Bertz CT molecular complexity index is 1370. The van der Waals surface area contributed by atoms with Gasteiger partial charge in [-0.3, -0.25) is 14.6 Å². The number of rotatable bonds is 3. The first-order chi connectivity index (χ1) is 17.6. The molecule has 2 amide bonds. The fraction of sp³-hybridized carbons (Fsp3) is 0.269. The van der Waals surface area contributed by atoms with E-state index in [0.29, 0.717) is 49.1 Å². The number of nitrogens with one attached hydrogen (secondary N) is 2. The van der Waals surface area contributed by atoms with Crippen LogP contribution in [-0.2, 0) is 15.7 Å². The van der Waals surface area contributed by atoms with Gasteiger partial charge in [-0.15, -0.1) is 0 Å². The molecule has 1 fully saturated rings. The Morgan fingerprint density at radius 2 is 1.84 bits per heavy atom. The number of alkyl halides is 3. The number of amides is 2. The van der Waals surface area contributed by atoms with E-state index in [0.717, 1.165) is 18.3 Å². The predicted molar refractivity (Wildman–Crippen MR) is 126 cm³/mol. The number of carbonyl (C=O) groups excluding carboxylic acids is 2. The van der Waals surface area contributed by atoms with Crippen LogP contribution in [0.25, 0.3) is 11.1 Å². The number of fused-ring (bicyclic) bond motifs is 1. The lowest BCUT2D eigenvalue weighted by Crippen LogP contribution is -2.43. The van der Waals surface area contributed by atoms with Crippen molar-refractivity contribution in [3.05, 3.63) is 71.8 Å². The highest BCUT2D eigenvalue weighted by Crippen LogP contribution is 2.41. The molecule has 11 heteroatoms. The topological polar surface area (TPSA) is 89.5 Å². The van der Waals surface area contributed by atoms with Gasteiger partial charge < -0.3 is 20.1 Å². The molecule has 37 heavy (non-hydrogen) atoms. The van der Waals surface area contributed by atoms with Crippen molar-refractivity contribution >= 4 is 23.2 Å². The lowest BCUT2D eigenvalue weighted by molar-refractivity contribution is -0.141. The van der Waals surface area contributed by atoms with Crippen molar-refractivity contribution in [2.45, 2.75) is 31.0 Å². The Labute approximate surface area is 208 Å². The van der Waals surface area contributed by atoms with Gasteiger partial charge in [0.2, 0.25) is 5.91 Å². The number of anilines is 2. The summed E-state index contributed by atoms with van der Waals surface area (Å²) in [6, 6.07) is 10.4. The molecule has 192 valence electrons. The number of nitrogens with zero attached hydrogens (tertiary/aromatic N) is 1. The Morgan fingerprint density at radius 3 is 2.59 bits per heavy atom. The molecule has 1 aromatic heterocycles. The van der Waals surface area contributed by atoms with E-state index in [-0.39, 0.29) is 29.1 Å². The number of halogens is 4. The molecule has 0 radical (unpaired) electrons. The SMILES string of the molecule is O=C1CC2(CCOCC2)Oc2cc(-c3cc(NC(=O)c4ccnc(C(F)(F)F)c4)ccc3F)ccc2N1. The molecule has 1 spiro atoms. The Kier molecular flexibility index (Phi) is 6.32. The maximum atomic E-state index is 14.8. The summed E-state index contributed by atoms with van der Waals surface area (Å²) in [5.41, 5.74) is -0.971. The van der Waals surface area contributed by atoms with Gasteiger partial charge in [-0.2, -0.15) is 13.2 Å². The first kappa shape index (κ1) is 24.7. The third kappa shape index (κ3) is 5.26. The van der Waals surface area contributed by atoms with Gasteiger partial charge >= 0.3 is 6.18 Å². The zero-order valence-electron chi connectivity index (χ0n) is 19.3. The molecule has 0 aliphatic carbocycles. The van der Waals surface area contributed by atoms with E-state index in [1.54, 1.807) is 18.2 Å². The van der Waals surface area contributed by atoms with Crippen molar-refractivity contribution in [3.8, 4) is 16.9 Å². The van der Waals surface area contributed by atoms with E-state index < -0.39 is 29.2 Å². The van der Waals surface area contributed by atoms with Crippen molar-refractivity contribution in [1.82, 2.24) is 4.98 Å². The summed E-state index contributed by atoms with van der Waals surface area (Å²) in [4.78, 5) is 28.3. The summed E-state index contributed by atoms with van der Waals surface area (Å²) < 4.78 is 65.4. The van der Waals surface area contributed by atoms with Crippen molar-refractivity contribution in [2.75, 3.05) is 23.8 Å². The third-order valence-electron chi connectivity index (χ3n) is 6.32. The molecule has 0 saturated carbocycles. The lowest BCUT2D eigenvalue weighted by atomic mass is 9.90. The van der Waals surface area contributed by atoms with E-state index in [1.165, 1.54) is 12.1 Å². The second-order valence-electron chi connectivity index (χ2n) is 8.91. The first-order valence-electron chi connectivity index (χ1n) is 11.5. The van der Waals surface area contributed by atoms with Gasteiger partial charge in [-0.05, 0) is 48.0 Å². The molecule has 2 aliphatic rings. The van der Waals surface area contributed by atoms with Gasteiger partial charge in [0, 0.05) is 35.9 Å². The zero-order valence-corrected chi connectivity index (χ0v) is 19.3. The van der Waals surface area contributed by atoms with E-state index in [2.05, 4.69) is 15.6 Å². The number of ether oxygens (including phenoxy) is 2. The molecule has 2 aromatic carbocycles. The Morgan fingerprint density at radius 1 is 1.05 bits per heavy atom. The monoisotopic (exact) mass is 515 g/mol. The zero-order chi connectivity index (χ0) is 26.2. The van der Waals surface area contributed by atoms with E-state index in [4.69, 9.17) is 9.47 Å². The third-order valence-corrected chi connectivity index (χ3v) is 6.32. The summed E-state index contributed by atoms with van der Waals surface area (Å²) >= 11 is 0. The largest absolute Gasteiger partial charge is 0.484 e. The highest BCUT2D eigenvalue weighted by atomic mass is 19.4. The number of hydrogen-bond donors (Lipinski definition) is 2. The Balaban J connectivity index is 1.43. The molecule has 5 rings (SSSR count). The van der Waals surface area contributed by atoms with Crippen LogP contribution in [-0.4, -0.2) is 35.6 Å². The van der Waals surface area contributed by atoms with Gasteiger partial charge in [0.15, 0.2) is 0 Å². The van der Waals surface area contributed by atoms with Crippen LogP contribution in [0.1, 0.15) is 35.3 Å². The minimum atomic E-state index is -4.70. The molecule has 3 heterocycles. The Hall–Kier alpha value is -3.99. The van der Waals surface area contributed by atoms with E-state index >= 15 is 0 Å². The smallest absolute Gasteiger partial charge is 0.433 e. The molecule has 0 unspecified atom stereocenters. The number of benzene rings is 2. The van der Waals surface area contributed by atoms with Crippen LogP contribution in [0.3, 0.4) is 0 Å². The van der Waals surface area contributed by atoms with Crippen molar-refractivity contribution in [2.24, 2.45) is 0 Å². The number of hydrogen-bond acceptors (Lipinski definition) is 5. The lowest BCUT2D eigenvalue weighted by Gasteiger charge is -2.35. The molecule has 0 bridgehead atoms. The van der Waals surface area contributed by atoms with Crippen molar-refractivity contribution < 1.29 is 36.6 Å². The molecular formula is C26H21F4N3O4. The van der Waals surface area contributed by atoms with Gasteiger partial charge in [0.1, 0.15) is 22.9 Å². The van der Waals surface area contributed by atoms with Crippen LogP contribution in [0.5, 0.6) is 5.75 Å². The fourth-order valence-electron chi connectivity index (χ4n) is 4.41. The maximum Gasteiger partial charge on any atom is 0.433 e. The minimum absolute atomic E-state index is 0.131. The van der Waals surface area contributed by atoms with Gasteiger partial charge in [-0.1, -0.05) is 6.07 Å². The van der Waals surface area contributed by atoms with Gasteiger partial charge in [0.25, 0.3) is 5.91 Å². The minimum Gasteiger partial charge on any atom is -0.484 e. The maximum absolute atomic E-state index is 14.8. The van der Waals surface area contributed by atoms with Crippen LogP contribution < -0.4 is 15.4 Å². The summed E-state index contributed by atoms with van der Waals surface area (Å²) in [7, 11) is 0. The van der Waals surface area contributed by atoms with E-state index in [1.807, 2.05) is 0 Å². The molecular weight excluding hydrogens is 494 g/mol. The summed E-state index contributed by atoms with van der Waals surface area (Å²) in [6.45, 7) is 0.918. The molecule has 3 aromatic rings. The number of pyridine rings is 1. The first-order valence-corrected chi connectivity index (χ1v) is 11.5. The number of carbonyl (C=O) groups is 2. The standard InChI is InChI=1S/C26H21F4N3O4/c27-19-3-2-17(32-24(35)16-5-8-31-22(12-16)26(28,29)30)13-18(19)15-1-4-20-21(11-15)37-25(14-23(34)33-20)6-9-36-10-7-25/h1-5,8,11-13H,6-7,9-10,14H2,(H,32,35)(H,33,34). The molecule has 0 atom stereocenters. The summed E-state index contributed by atoms with van der Waals surface area (Å²) in [5, 5.41) is 5.31. The highest BCUT2D eigenvalue weighted by molar-refractivity contribution is 6.04. The summed E-state index contributed by atoms with van der Waals surface area (Å²) in [5.74, 6) is -1.19.